The molecular weight excluding hydrogens is 282 g/mol. The van der Waals surface area contributed by atoms with Crippen LogP contribution in [0.2, 0.25) is 5.02 Å². The van der Waals surface area contributed by atoms with Crippen LogP contribution in [0.4, 0.5) is 5.69 Å². The number of nitro benzene ring substituents is 1. The summed E-state index contributed by atoms with van der Waals surface area (Å²) in [5.41, 5.74) is 0.190. The van der Waals surface area contributed by atoms with Crippen molar-refractivity contribution >= 4 is 23.1 Å². The Balaban J connectivity index is 2.55. The minimum Gasteiger partial charge on any atom is -0.490 e. The highest BCUT2D eigenvalue weighted by Gasteiger charge is 2.22. The Labute approximate surface area is 119 Å². The lowest BCUT2D eigenvalue weighted by atomic mass is 10.0. The molecule has 0 bridgehead atoms. The Morgan fingerprint density at radius 3 is 2.45 bits per heavy atom. The molecule has 0 spiro atoms. The van der Waals surface area contributed by atoms with Crippen LogP contribution in [0, 0.1) is 10.1 Å². The number of methoxy groups -OCH3 is 1. The fourth-order valence-corrected chi connectivity index (χ4v) is 2.01. The van der Waals surface area contributed by atoms with Crippen LogP contribution in [-0.4, -0.2) is 17.8 Å². The lowest BCUT2D eigenvalue weighted by Gasteiger charge is -2.07. The Bertz CT molecular complexity index is 670. The Hall–Kier alpha value is -2.40. The predicted octanol–water partition coefficient (Wildman–Crippen LogP) is 3.49. The molecule has 0 aliphatic heterocycles. The lowest BCUT2D eigenvalue weighted by molar-refractivity contribution is -0.385. The molecule has 2 rings (SSSR count). The van der Waals surface area contributed by atoms with Crippen molar-refractivity contribution in [3.8, 4) is 5.75 Å². The molecule has 5 nitrogen and oxygen atoms in total. The van der Waals surface area contributed by atoms with Crippen molar-refractivity contribution in [1.82, 2.24) is 0 Å². The summed E-state index contributed by atoms with van der Waals surface area (Å²) in [5.74, 6) is -0.356. The van der Waals surface area contributed by atoms with Crippen molar-refractivity contribution in [2.24, 2.45) is 0 Å². The number of nitro groups is 1. The average Bonchev–Trinajstić information content (AvgIpc) is 2.46. The minimum absolute atomic E-state index is 0.0182. The number of halogens is 1. The summed E-state index contributed by atoms with van der Waals surface area (Å²) in [5, 5.41) is 11.1. The number of hydrogen-bond donors (Lipinski definition) is 0. The van der Waals surface area contributed by atoms with Crippen LogP contribution in [0.25, 0.3) is 0 Å². The van der Waals surface area contributed by atoms with Crippen molar-refractivity contribution in [2.45, 2.75) is 0 Å². The van der Waals surface area contributed by atoms with Crippen LogP contribution in [-0.2, 0) is 0 Å². The maximum Gasteiger partial charge on any atom is 0.311 e. The summed E-state index contributed by atoms with van der Waals surface area (Å²) >= 11 is 6.01. The van der Waals surface area contributed by atoms with Crippen LogP contribution >= 0.6 is 11.6 Å². The zero-order valence-electron chi connectivity index (χ0n) is 10.5. The monoisotopic (exact) mass is 291 g/mol. The van der Waals surface area contributed by atoms with E-state index < -0.39 is 4.92 Å². The van der Waals surface area contributed by atoms with Crippen LogP contribution in [0.5, 0.6) is 5.75 Å². The number of rotatable bonds is 4. The number of benzene rings is 2. The molecule has 102 valence electrons. The standard InChI is InChI=1S/C14H10ClNO4/c1-20-13-8-11(15)10(7-12(13)16(18)19)14(17)9-5-3-2-4-6-9/h2-8H,1H3. The minimum atomic E-state index is -0.614. The van der Waals surface area contributed by atoms with E-state index in [1.54, 1.807) is 30.3 Å². The largest absolute Gasteiger partial charge is 0.490 e. The van der Waals surface area contributed by atoms with E-state index >= 15 is 0 Å². The smallest absolute Gasteiger partial charge is 0.311 e. The molecule has 2 aromatic carbocycles. The second-order valence-electron chi connectivity index (χ2n) is 3.96. The van der Waals surface area contributed by atoms with Gasteiger partial charge in [-0.25, -0.2) is 0 Å². The summed E-state index contributed by atoms with van der Waals surface area (Å²) in [6, 6.07) is 10.8. The van der Waals surface area contributed by atoms with Gasteiger partial charge in [0.1, 0.15) is 0 Å². The van der Waals surface area contributed by atoms with Gasteiger partial charge in [-0.15, -0.1) is 0 Å². The number of carbonyl (C=O) groups is 1. The van der Waals surface area contributed by atoms with Crippen molar-refractivity contribution in [3.05, 3.63) is 68.7 Å². The van der Waals surface area contributed by atoms with E-state index in [9.17, 15) is 14.9 Å². The molecule has 0 aromatic heterocycles. The molecule has 6 heteroatoms. The van der Waals surface area contributed by atoms with Crippen molar-refractivity contribution in [2.75, 3.05) is 7.11 Å². The second-order valence-corrected chi connectivity index (χ2v) is 4.36. The van der Waals surface area contributed by atoms with Gasteiger partial charge in [0.15, 0.2) is 11.5 Å². The molecule has 0 N–H and O–H groups in total. The zero-order valence-corrected chi connectivity index (χ0v) is 11.3. The molecule has 0 radical (unpaired) electrons. The fraction of sp³-hybridized carbons (Fsp3) is 0.0714. The third-order valence-electron chi connectivity index (χ3n) is 2.75. The van der Waals surface area contributed by atoms with Gasteiger partial charge in [0.05, 0.1) is 17.1 Å². The first-order valence-corrected chi connectivity index (χ1v) is 6.04. The number of hydrogen-bond acceptors (Lipinski definition) is 4. The van der Waals surface area contributed by atoms with E-state index in [2.05, 4.69) is 0 Å². The molecule has 0 aliphatic carbocycles. The van der Waals surface area contributed by atoms with Gasteiger partial charge in [-0.05, 0) is 0 Å². The quantitative estimate of drug-likeness (QED) is 0.491. The summed E-state index contributed by atoms with van der Waals surface area (Å²) < 4.78 is 4.89. The van der Waals surface area contributed by atoms with Crippen molar-refractivity contribution in [3.63, 3.8) is 0 Å². The molecule has 0 aliphatic rings. The van der Waals surface area contributed by atoms with E-state index in [0.29, 0.717) is 5.56 Å². The Kier molecular flexibility index (Phi) is 4.00. The highest BCUT2D eigenvalue weighted by Crippen LogP contribution is 2.33. The van der Waals surface area contributed by atoms with Gasteiger partial charge in [-0.1, -0.05) is 41.9 Å². The lowest BCUT2D eigenvalue weighted by Crippen LogP contribution is -2.04. The summed E-state index contributed by atoms with van der Waals surface area (Å²) in [6.45, 7) is 0. The van der Waals surface area contributed by atoms with Gasteiger partial charge in [-0.3, -0.25) is 14.9 Å². The Morgan fingerprint density at radius 2 is 1.90 bits per heavy atom. The normalized spacial score (nSPS) is 10.1. The van der Waals surface area contributed by atoms with E-state index in [1.807, 2.05) is 0 Å². The fourth-order valence-electron chi connectivity index (χ4n) is 1.77. The van der Waals surface area contributed by atoms with Crippen LogP contribution in [0.1, 0.15) is 15.9 Å². The van der Waals surface area contributed by atoms with Gasteiger partial charge in [0.25, 0.3) is 0 Å². The zero-order chi connectivity index (χ0) is 14.7. The van der Waals surface area contributed by atoms with E-state index in [1.165, 1.54) is 13.2 Å². The number of nitrogens with zero attached hydrogens (tertiary/aromatic N) is 1. The molecule has 0 heterocycles. The first-order valence-electron chi connectivity index (χ1n) is 5.66. The summed E-state index contributed by atoms with van der Waals surface area (Å²) in [7, 11) is 1.30. The van der Waals surface area contributed by atoms with Gasteiger partial charge in [0, 0.05) is 23.3 Å². The number of ketones is 1. The number of ether oxygens (including phenoxy) is 1. The average molecular weight is 292 g/mol. The second kappa shape index (κ2) is 5.71. The van der Waals surface area contributed by atoms with Gasteiger partial charge in [0.2, 0.25) is 0 Å². The number of carbonyl (C=O) groups excluding carboxylic acids is 1. The van der Waals surface area contributed by atoms with Gasteiger partial charge in [-0.2, -0.15) is 0 Å². The molecule has 0 unspecified atom stereocenters. The third kappa shape index (κ3) is 2.62. The first kappa shape index (κ1) is 14.0. The third-order valence-corrected chi connectivity index (χ3v) is 3.06. The maximum absolute atomic E-state index is 12.3. The van der Waals surface area contributed by atoms with Gasteiger partial charge >= 0.3 is 5.69 Å². The summed E-state index contributed by atoms with van der Waals surface area (Å²) in [4.78, 5) is 22.7. The molecular formula is C14H10ClNO4. The Morgan fingerprint density at radius 1 is 1.25 bits per heavy atom. The molecule has 2 aromatic rings. The maximum atomic E-state index is 12.3. The van der Waals surface area contributed by atoms with Crippen LogP contribution in [0.3, 0.4) is 0 Å². The summed E-state index contributed by atoms with van der Waals surface area (Å²) in [6.07, 6.45) is 0. The van der Waals surface area contributed by atoms with Crippen LogP contribution in [0.15, 0.2) is 42.5 Å². The molecule has 0 atom stereocenters. The first-order chi connectivity index (χ1) is 9.54. The van der Waals surface area contributed by atoms with E-state index in [4.69, 9.17) is 16.3 Å². The van der Waals surface area contributed by atoms with E-state index in [-0.39, 0.29) is 27.8 Å². The van der Waals surface area contributed by atoms with Crippen molar-refractivity contribution < 1.29 is 14.5 Å². The van der Waals surface area contributed by atoms with Crippen molar-refractivity contribution in [1.29, 1.82) is 0 Å². The molecule has 0 fully saturated rings. The topological polar surface area (TPSA) is 69.4 Å². The molecule has 0 saturated heterocycles. The predicted molar refractivity (Wildman–Crippen MR) is 74.5 cm³/mol. The highest BCUT2D eigenvalue weighted by molar-refractivity contribution is 6.35. The highest BCUT2D eigenvalue weighted by atomic mass is 35.5. The van der Waals surface area contributed by atoms with Crippen LogP contribution < -0.4 is 4.74 Å². The molecule has 20 heavy (non-hydrogen) atoms. The molecule has 0 saturated carbocycles. The van der Waals surface area contributed by atoms with Gasteiger partial charge < -0.3 is 4.74 Å². The van der Waals surface area contributed by atoms with E-state index in [0.717, 1.165) is 6.07 Å². The SMILES string of the molecule is COc1cc(Cl)c(C(=O)c2ccccc2)cc1[N+](=O)[O-]. The molecule has 0 amide bonds.